The Kier molecular flexibility index (Phi) is 5.49. The van der Waals surface area contributed by atoms with Crippen molar-refractivity contribution >= 4 is 21.6 Å². The van der Waals surface area contributed by atoms with Gasteiger partial charge in [-0.3, -0.25) is 4.79 Å². The molecule has 0 aliphatic carbocycles. The number of amides is 1. The van der Waals surface area contributed by atoms with Gasteiger partial charge in [-0.1, -0.05) is 6.08 Å². The van der Waals surface area contributed by atoms with Crippen LogP contribution in [0.5, 0.6) is 0 Å². The Labute approximate surface area is 157 Å². The standard InChI is InChI=1S/C19H18N4O3S/c1-2-11-22-27(25,26)17-9-5-15(6-10-17)19(24)23-16-7-3-14(4-8-16)18-20-12-13-21-18/h2-10,12-13,22H,1,11H2,(H,20,21)(H,23,24). The molecule has 3 N–H and O–H groups in total. The van der Waals surface area contributed by atoms with Gasteiger partial charge in [0, 0.05) is 35.8 Å². The number of aromatic amines is 1. The second-order valence-electron chi connectivity index (χ2n) is 5.63. The van der Waals surface area contributed by atoms with Crippen molar-refractivity contribution in [3.05, 3.63) is 79.1 Å². The van der Waals surface area contributed by atoms with Crippen molar-refractivity contribution in [2.24, 2.45) is 0 Å². The molecule has 3 rings (SSSR count). The van der Waals surface area contributed by atoms with Crippen LogP contribution in [0, 0.1) is 0 Å². The van der Waals surface area contributed by atoms with Crippen LogP contribution in [-0.4, -0.2) is 30.8 Å². The summed E-state index contributed by atoms with van der Waals surface area (Å²) < 4.78 is 26.4. The topological polar surface area (TPSA) is 104 Å². The van der Waals surface area contributed by atoms with Crippen LogP contribution >= 0.6 is 0 Å². The zero-order valence-corrected chi connectivity index (χ0v) is 15.2. The van der Waals surface area contributed by atoms with E-state index in [1.54, 1.807) is 24.5 Å². The highest BCUT2D eigenvalue weighted by Gasteiger charge is 2.14. The Morgan fingerprint density at radius 2 is 1.81 bits per heavy atom. The molecule has 0 saturated heterocycles. The minimum absolute atomic E-state index is 0.0868. The Balaban J connectivity index is 1.68. The van der Waals surface area contributed by atoms with Crippen molar-refractivity contribution in [1.29, 1.82) is 0 Å². The Morgan fingerprint density at radius 1 is 1.11 bits per heavy atom. The van der Waals surface area contributed by atoms with Crippen molar-refractivity contribution in [1.82, 2.24) is 14.7 Å². The van der Waals surface area contributed by atoms with Crippen molar-refractivity contribution in [2.45, 2.75) is 4.90 Å². The van der Waals surface area contributed by atoms with Gasteiger partial charge in [-0.2, -0.15) is 0 Å². The molecule has 138 valence electrons. The fraction of sp³-hybridized carbons (Fsp3) is 0.0526. The summed E-state index contributed by atoms with van der Waals surface area (Å²) in [5.41, 5.74) is 1.88. The number of hydrogen-bond acceptors (Lipinski definition) is 4. The summed E-state index contributed by atoms with van der Waals surface area (Å²) in [5, 5.41) is 2.78. The smallest absolute Gasteiger partial charge is 0.255 e. The Bertz CT molecular complexity index is 1030. The van der Waals surface area contributed by atoms with Gasteiger partial charge in [-0.25, -0.2) is 18.1 Å². The molecule has 2 aromatic carbocycles. The van der Waals surface area contributed by atoms with E-state index >= 15 is 0 Å². The van der Waals surface area contributed by atoms with Crippen molar-refractivity contribution in [2.75, 3.05) is 11.9 Å². The predicted octanol–water partition coefficient (Wildman–Crippen LogP) is 2.79. The maximum Gasteiger partial charge on any atom is 0.255 e. The number of nitrogens with zero attached hydrogens (tertiary/aromatic N) is 1. The van der Waals surface area contributed by atoms with Gasteiger partial charge in [-0.15, -0.1) is 6.58 Å². The fourth-order valence-corrected chi connectivity index (χ4v) is 3.37. The van der Waals surface area contributed by atoms with E-state index in [4.69, 9.17) is 0 Å². The number of aromatic nitrogens is 2. The molecule has 0 spiro atoms. The number of carbonyl (C=O) groups is 1. The van der Waals surface area contributed by atoms with E-state index in [-0.39, 0.29) is 17.3 Å². The first-order valence-electron chi connectivity index (χ1n) is 8.11. The third-order valence-electron chi connectivity index (χ3n) is 3.76. The zero-order chi connectivity index (χ0) is 19.3. The van der Waals surface area contributed by atoms with Gasteiger partial charge in [0.2, 0.25) is 10.0 Å². The number of sulfonamides is 1. The molecule has 0 aliphatic rings. The molecule has 0 saturated carbocycles. The average Bonchev–Trinajstić information content (AvgIpc) is 3.22. The summed E-state index contributed by atoms with van der Waals surface area (Å²) >= 11 is 0. The van der Waals surface area contributed by atoms with Crippen molar-refractivity contribution in [3.8, 4) is 11.4 Å². The second kappa shape index (κ2) is 7.98. The van der Waals surface area contributed by atoms with Gasteiger partial charge in [-0.05, 0) is 48.5 Å². The third kappa shape index (κ3) is 4.49. The fourth-order valence-electron chi connectivity index (χ4n) is 2.38. The average molecular weight is 382 g/mol. The summed E-state index contributed by atoms with van der Waals surface area (Å²) in [7, 11) is -3.61. The number of hydrogen-bond donors (Lipinski definition) is 3. The molecule has 0 aliphatic heterocycles. The molecule has 0 atom stereocenters. The largest absolute Gasteiger partial charge is 0.345 e. The van der Waals surface area contributed by atoms with Gasteiger partial charge < -0.3 is 10.3 Å². The van der Waals surface area contributed by atoms with E-state index in [2.05, 4.69) is 26.6 Å². The molecule has 27 heavy (non-hydrogen) atoms. The van der Waals surface area contributed by atoms with Crippen LogP contribution in [0.15, 0.2) is 78.5 Å². The van der Waals surface area contributed by atoms with Gasteiger partial charge in [0.15, 0.2) is 0 Å². The summed E-state index contributed by atoms with van der Waals surface area (Å²) in [5.74, 6) is 0.415. The van der Waals surface area contributed by atoms with Crippen LogP contribution in [0.1, 0.15) is 10.4 Å². The zero-order valence-electron chi connectivity index (χ0n) is 14.3. The van der Waals surface area contributed by atoms with Gasteiger partial charge in [0.25, 0.3) is 5.91 Å². The summed E-state index contributed by atoms with van der Waals surface area (Å²) in [4.78, 5) is 19.6. The highest BCUT2D eigenvalue weighted by atomic mass is 32.2. The molecule has 1 amide bonds. The lowest BCUT2D eigenvalue weighted by Gasteiger charge is -2.08. The van der Waals surface area contributed by atoms with E-state index in [0.29, 0.717) is 11.3 Å². The van der Waals surface area contributed by atoms with Gasteiger partial charge in [0.1, 0.15) is 5.82 Å². The lowest BCUT2D eigenvalue weighted by atomic mass is 10.1. The van der Waals surface area contributed by atoms with Crippen LogP contribution in [0.4, 0.5) is 5.69 Å². The second-order valence-corrected chi connectivity index (χ2v) is 7.40. The van der Waals surface area contributed by atoms with Crippen LogP contribution in [0.25, 0.3) is 11.4 Å². The highest BCUT2D eigenvalue weighted by Crippen LogP contribution is 2.18. The molecule has 0 unspecified atom stereocenters. The first kappa shape index (κ1) is 18.6. The first-order chi connectivity index (χ1) is 13.0. The molecule has 1 heterocycles. The van der Waals surface area contributed by atoms with Crippen LogP contribution in [-0.2, 0) is 10.0 Å². The number of imidazole rings is 1. The van der Waals surface area contributed by atoms with E-state index in [0.717, 1.165) is 11.4 Å². The molecule has 8 heteroatoms. The van der Waals surface area contributed by atoms with Crippen molar-refractivity contribution < 1.29 is 13.2 Å². The first-order valence-corrected chi connectivity index (χ1v) is 9.60. The van der Waals surface area contributed by atoms with Crippen LogP contribution < -0.4 is 10.0 Å². The quantitative estimate of drug-likeness (QED) is 0.547. The minimum atomic E-state index is -3.61. The Morgan fingerprint density at radius 3 is 2.41 bits per heavy atom. The van der Waals surface area contributed by atoms with Crippen LogP contribution in [0.3, 0.4) is 0 Å². The lowest BCUT2D eigenvalue weighted by molar-refractivity contribution is 0.102. The molecule has 1 aromatic heterocycles. The highest BCUT2D eigenvalue weighted by molar-refractivity contribution is 7.89. The molecular formula is C19H18N4O3S. The maximum atomic E-state index is 12.4. The SMILES string of the molecule is C=CCNS(=O)(=O)c1ccc(C(=O)Nc2ccc(-c3ncc[nH]3)cc2)cc1. The van der Waals surface area contributed by atoms with E-state index in [1.165, 1.54) is 30.3 Å². The summed E-state index contributed by atoms with van der Waals surface area (Å²) in [6, 6.07) is 12.9. The van der Waals surface area contributed by atoms with E-state index < -0.39 is 10.0 Å². The molecule has 3 aromatic rings. The molecule has 7 nitrogen and oxygen atoms in total. The number of rotatable bonds is 7. The molecule has 0 bridgehead atoms. The molecular weight excluding hydrogens is 364 g/mol. The lowest BCUT2D eigenvalue weighted by Crippen LogP contribution is -2.23. The van der Waals surface area contributed by atoms with Crippen LogP contribution in [0.2, 0.25) is 0 Å². The minimum Gasteiger partial charge on any atom is -0.345 e. The Hall–Kier alpha value is -3.23. The number of anilines is 1. The van der Waals surface area contributed by atoms with Gasteiger partial charge >= 0.3 is 0 Å². The third-order valence-corrected chi connectivity index (χ3v) is 5.20. The van der Waals surface area contributed by atoms with Gasteiger partial charge in [0.05, 0.1) is 4.90 Å². The normalized spacial score (nSPS) is 11.1. The summed E-state index contributed by atoms with van der Waals surface area (Å²) in [6.07, 6.45) is 4.86. The predicted molar refractivity (Wildman–Crippen MR) is 104 cm³/mol. The molecule has 0 radical (unpaired) electrons. The van der Waals surface area contributed by atoms with E-state index in [9.17, 15) is 13.2 Å². The number of benzene rings is 2. The number of carbonyl (C=O) groups excluding carboxylic acids is 1. The number of nitrogens with one attached hydrogen (secondary N) is 3. The maximum absolute atomic E-state index is 12.4. The number of H-pyrrole nitrogens is 1. The molecule has 0 fully saturated rings. The van der Waals surface area contributed by atoms with Crippen molar-refractivity contribution in [3.63, 3.8) is 0 Å². The monoisotopic (exact) mass is 382 g/mol. The summed E-state index contributed by atoms with van der Waals surface area (Å²) in [6.45, 7) is 3.61. The van der Waals surface area contributed by atoms with E-state index in [1.807, 2.05) is 12.1 Å².